The van der Waals surface area contributed by atoms with Gasteiger partial charge in [-0.15, -0.1) is 0 Å². The summed E-state index contributed by atoms with van der Waals surface area (Å²) >= 11 is 0. The molecule has 1 aromatic carbocycles. The minimum atomic E-state index is -0.361. The van der Waals surface area contributed by atoms with E-state index < -0.39 is 0 Å². The number of nitrogens with zero attached hydrogens (tertiary/aromatic N) is 2. The van der Waals surface area contributed by atoms with E-state index in [4.69, 9.17) is 10.00 Å². The van der Waals surface area contributed by atoms with Gasteiger partial charge in [0.15, 0.2) is 5.75 Å². The molecule has 0 spiro atoms. The van der Waals surface area contributed by atoms with Crippen LogP contribution in [0.4, 0.5) is 4.79 Å². The number of rotatable bonds is 1. The van der Waals surface area contributed by atoms with Gasteiger partial charge in [-0.2, -0.15) is 5.26 Å². The highest BCUT2D eigenvalue weighted by atomic mass is 16.6. The fraction of sp³-hybridized carbons (Fsp3) is 0.333. The summed E-state index contributed by atoms with van der Waals surface area (Å²) in [6, 6.07) is 8.74. The van der Waals surface area contributed by atoms with Gasteiger partial charge >= 0.3 is 6.09 Å². The third-order valence-corrected chi connectivity index (χ3v) is 2.57. The van der Waals surface area contributed by atoms with Crippen molar-refractivity contribution in [3.05, 3.63) is 29.8 Å². The molecule has 0 aromatic heterocycles. The van der Waals surface area contributed by atoms with E-state index >= 15 is 0 Å². The van der Waals surface area contributed by atoms with Gasteiger partial charge in [0, 0.05) is 13.1 Å². The van der Waals surface area contributed by atoms with Crippen LogP contribution in [0.15, 0.2) is 24.3 Å². The maximum atomic E-state index is 11.7. The van der Waals surface area contributed by atoms with Crippen LogP contribution in [0.3, 0.4) is 0 Å². The highest BCUT2D eigenvalue weighted by molar-refractivity contribution is 5.71. The van der Waals surface area contributed by atoms with Gasteiger partial charge in [-0.3, -0.25) is 0 Å². The first kappa shape index (κ1) is 10.5. The zero-order chi connectivity index (χ0) is 11.4. The molecule has 1 fully saturated rings. The van der Waals surface area contributed by atoms with E-state index in [0.717, 1.165) is 25.9 Å². The van der Waals surface area contributed by atoms with E-state index in [0.29, 0.717) is 11.3 Å². The Hall–Kier alpha value is -2.02. The second kappa shape index (κ2) is 4.67. The fourth-order valence-electron chi connectivity index (χ4n) is 1.71. The van der Waals surface area contributed by atoms with Gasteiger partial charge in [0.2, 0.25) is 0 Å². The number of carbonyl (C=O) groups is 1. The minimum absolute atomic E-state index is 0.335. The molecule has 0 unspecified atom stereocenters. The van der Waals surface area contributed by atoms with Crippen LogP contribution in [0.5, 0.6) is 5.75 Å². The SMILES string of the molecule is N#Cc1ccccc1OC(=O)N1CCCC1. The van der Waals surface area contributed by atoms with E-state index in [1.165, 1.54) is 0 Å². The molecule has 82 valence electrons. The Bertz CT molecular complexity index is 431. The number of nitriles is 1. The molecule has 1 aliphatic heterocycles. The van der Waals surface area contributed by atoms with Crippen molar-refractivity contribution in [3.8, 4) is 11.8 Å². The molecule has 1 saturated heterocycles. The first-order valence-corrected chi connectivity index (χ1v) is 5.27. The zero-order valence-electron chi connectivity index (χ0n) is 8.85. The van der Waals surface area contributed by atoms with Crippen LogP contribution in [-0.2, 0) is 0 Å². The predicted octanol–water partition coefficient (Wildman–Crippen LogP) is 2.15. The lowest BCUT2D eigenvalue weighted by molar-refractivity contribution is 0.162. The maximum absolute atomic E-state index is 11.7. The Labute approximate surface area is 94.0 Å². The van der Waals surface area contributed by atoms with Gasteiger partial charge in [-0.1, -0.05) is 12.1 Å². The molecule has 0 bridgehead atoms. The molecule has 0 saturated carbocycles. The highest BCUT2D eigenvalue weighted by Gasteiger charge is 2.20. The van der Waals surface area contributed by atoms with Gasteiger partial charge in [0.1, 0.15) is 6.07 Å². The van der Waals surface area contributed by atoms with Gasteiger partial charge in [0.05, 0.1) is 5.56 Å². The molecule has 0 N–H and O–H groups in total. The average molecular weight is 216 g/mol. The fourth-order valence-corrected chi connectivity index (χ4v) is 1.71. The van der Waals surface area contributed by atoms with Crippen molar-refractivity contribution in [1.29, 1.82) is 5.26 Å². The van der Waals surface area contributed by atoms with E-state index in [2.05, 4.69) is 0 Å². The van der Waals surface area contributed by atoms with Gasteiger partial charge in [0.25, 0.3) is 0 Å². The number of hydrogen-bond donors (Lipinski definition) is 0. The van der Waals surface area contributed by atoms with Crippen molar-refractivity contribution in [2.75, 3.05) is 13.1 Å². The van der Waals surface area contributed by atoms with E-state index in [1.54, 1.807) is 29.2 Å². The second-order valence-electron chi connectivity index (χ2n) is 3.67. The number of benzene rings is 1. The third-order valence-electron chi connectivity index (χ3n) is 2.57. The predicted molar refractivity (Wildman–Crippen MR) is 58.0 cm³/mol. The first-order chi connectivity index (χ1) is 7.81. The normalized spacial score (nSPS) is 14.6. The molecule has 0 atom stereocenters. The summed E-state index contributed by atoms with van der Waals surface area (Å²) in [6.07, 6.45) is 1.68. The zero-order valence-corrected chi connectivity index (χ0v) is 8.85. The molecular weight excluding hydrogens is 204 g/mol. The molecule has 1 heterocycles. The van der Waals surface area contributed by atoms with Crippen LogP contribution >= 0.6 is 0 Å². The summed E-state index contributed by atoms with van der Waals surface area (Å²) in [7, 11) is 0. The summed E-state index contributed by atoms with van der Waals surface area (Å²) in [4.78, 5) is 13.3. The quantitative estimate of drug-likeness (QED) is 0.722. The molecule has 4 heteroatoms. The summed E-state index contributed by atoms with van der Waals surface area (Å²) < 4.78 is 5.18. The molecule has 2 rings (SSSR count). The van der Waals surface area contributed by atoms with Crippen molar-refractivity contribution in [2.24, 2.45) is 0 Å². The van der Waals surface area contributed by atoms with Crippen molar-refractivity contribution >= 4 is 6.09 Å². The van der Waals surface area contributed by atoms with Crippen molar-refractivity contribution < 1.29 is 9.53 Å². The van der Waals surface area contributed by atoms with Crippen molar-refractivity contribution in [3.63, 3.8) is 0 Å². The average Bonchev–Trinajstić information content (AvgIpc) is 2.83. The van der Waals surface area contributed by atoms with Crippen LogP contribution in [-0.4, -0.2) is 24.1 Å². The Morgan fingerprint density at radius 3 is 2.69 bits per heavy atom. The lowest BCUT2D eigenvalue weighted by Crippen LogP contribution is -2.30. The lowest BCUT2D eigenvalue weighted by atomic mass is 10.2. The van der Waals surface area contributed by atoms with Crippen molar-refractivity contribution in [2.45, 2.75) is 12.8 Å². The molecule has 0 radical (unpaired) electrons. The number of likely N-dealkylation sites (tertiary alicyclic amines) is 1. The van der Waals surface area contributed by atoms with E-state index in [9.17, 15) is 4.79 Å². The van der Waals surface area contributed by atoms with Crippen LogP contribution < -0.4 is 4.74 Å². The summed E-state index contributed by atoms with van der Waals surface area (Å²) in [5.74, 6) is 0.335. The molecular formula is C12H12N2O2. The summed E-state index contributed by atoms with van der Waals surface area (Å²) in [5, 5.41) is 8.84. The van der Waals surface area contributed by atoms with E-state index in [1.807, 2.05) is 6.07 Å². The Balaban J connectivity index is 2.08. The molecule has 1 aromatic rings. The third kappa shape index (κ3) is 2.14. The maximum Gasteiger partial charge on any atom is 0.415 e. The van der Waals surface area contributed by atoms with Crippen LogP contribution in [0, 0.1) is 11.3 Å². The van der Waals surface area contributed by atoms with Gasteiger partial charge in [-0.05, 0) is 25.0 Å². The largest absolute Gasteiger partial charge is 0.415 e. The number of para-hydroxylation sites is 1. The number of hydrogen-bond acceptors (Lipinski definition) is 3. The Kier molecular flexibility index (Phi) is 3.06. The highest BCUT2D eigenvalue weighted by Crippen LogP contribution is 2.18. The lowest BCUT2D eigenvalue weighted by Gasteiger charge is -2.15. The minimum Gasteiger partial charge on any atom is -0.409 e. The topological polar surface area (TPSA) is 53.3 Å². The number of carbonyl (C=O) groups excluding carboxylic acids is 1. The van der Waals surface area contributed by atoms with Crippen LogP contribution in [0.25, 0.3) is 0 Å². The van der Waals surface area contributed by atoms with E-state index in [-0.39, 0.29) is 6.09 Å². The monoisotopic (exact) mass is 216 g/mol. The first-order valence-electron chi connectivity index (χ1n) is 5.27. The molecule has 1 amide bonds. The van der Waals surface area contributed by atoms with Gasteiger partial charge in [-0.25, -0.2) is 4.79 Å². The number of ether oxygens (including phenoxy) is 1. The molecule has 1 aliphatic rings. The Morgan fingerprint density at radius 1 is 1.31 bits per heavy atom. The molecule has 16 heavy (non-hydrogen) atoms. The summed E-state index contributed by atoms with van der Waals surface area (Å²) in [6.45, 7) is 1.49. The summed E-state index contributed by atoms with van der Waals surface area (Å²) in [5.41, 5.74) is 0.384. The molecule has 0 aliphatic carbocycles. The van der Waals surface area contributed by atoms with Crippen LogP contribution in [0.1, 0.15) is 18.4 Å². The second-order valence-corrected chi connectivity index (χ2v) is 3.67. The molecule has 4 nitrogen and oxygen atoms in total. The van der Waals surface area contributed by atoms with Crippen molar-refractivity contribution in [1.82, 2.24) is 4.90 Å². The van der Waals surface area contributed by atoms with Gasteiger partial charge < -0.3 is 9.64 Å². The standard InChI is InChI=1S/C12H12N2O2/c13-9-10-5-1-2-6-11(10)16-12(15)14-7-3-4-8-14/h1-2,5-6H,3-4,7-8H2. The Morgan fingerprint density at radius 2 is 2.00 bits per heavy atom. The number of amides is 1. The smallest absolute Gasteiger partial charge is 0.409 e. The van der Waals surface area contributed by atoms with Crippen LogP contribution in [0.2, 0.25) is 0 Å².